The van der Waals surface area contributed by atoms with Crippen LogP contribution in [0.4, 0.5) is 4.79 Å². The summed E-state index contributed by atoms with van der Waals surface area (Å²) in [5.41, 5.74) is 0. The standard InChI is InChI=1S/C11H17N5O3/c17-10(18)6-16(8-3-1-2-4-8)11(19)12-5-9-13-7-14-15-9/h7-8H,1-6H2,(H,12,19)(H,17,18)(H,13,14,15). The Bertz CT molecular complexity index is 428. The molecule has 0 aromatic carbocycles. The molecule has 1 aliphatic carbocycles. The Kier molecular flexibility index (Phi) is 4.32. The second kappa shape index (κ2) is 6.17. The molecule has 19 heavy (non-hydrogen) atoms. The highest BCUT2D eigenvalue weighted by atomic mass is 16.4. The topological polar surface area (TPSA) is 111 Å². The van der Waals surface area contributed by atoms with Gasteiger partial charge in [0.15, 0.2) is 0 Å². The van der Waals surface area contributed by atoms with Crippen molar-refractivity contribution in [3.05, 3.63) is 12.2 Å². The number of urea groups is 1. The molecule has 1 aliphatic rings. The molecule has 1 heterocycles. The molecule has 3 N–H and O–H groups in total. The number of hydrogen-bond acceptors (Lipinski definition) is 4. The summed E-state index contributed by atoms with van der Waals surface area (Å²) in [6.07, 6.45) is 5.16. The maximum atomic E-state index is 12.1. The van der Waals surface area contributed by atoms with E-state index in [1.807, 2.05) is 0 Å². The van der Waals surface area contributed by atoms with Gasteiger partial charge in [-0.15, -0.1) is 0 Å². The molecule has 2 amide bonds. The number of carboxylic acids is 1. The second-order valence-electron chi connectivity index (χ2n) is 4.55. The van der Waals surface area contributed by atoms with E-state index < -0.39 is 5.97 Å². The van der Waals surface area contributed by atoms with Crippen LogP contribution in [0.15, 0.2) is 6.33 Å². The maximum Gasteiger partial charge on any atom is 0.323 e. The quantitative estimate of drug-likeness (QED) is 0.712. The Labute approximate surface area is 110 Å². The predicted octanol–water partition coefficient (Wildman–Crippen LogP) is 0.343. The summed E-state index contributed by atoms with van der Waals surface area (Å²) in [5, 5.41) is 17.9. The van der Waals surface area contributed by atoms with Crippen LogP contribution in [0.5, 0.6) is 0 Å². The molecule has 0 spiro atoms. The molecule has 0 radical (unpaired) electrons. The number of carbonyl (C=O) groups excluding carboxylic acids is 1. The van der Waals surface area contributed by atoms with E-state index in [1.54, 1.807) is 0 Å². The van der Waals surface area contributed by atoms with Crippen molar-refractivity contribution in [1.82, 2.24) is 25.4 Å². The summed E-state index contributed by atoms with van der Waals surface area (Å²) in [6.45, 7) is -0.0609. The Morgan fingerprint density at radius 2 is 2.21 bits per heavy atom. The zero-order valence-corrected chi connectivity index (χ0v) is 10.5. The summed E-state index contributed by atoms with van der Waals surface area (Å²) >= 11 is 0. The third-order valence-corrected chi connectivity index (χ3v) is 3.20. The number of nitrogens with zero attached hydrogens (tertiary/aromatic N) is 3. The molecule has 0 atom stereocenters. The molecular weight excluding hydrogens is 250 g/mol. The van der Waals surface area contributed by atoms with Crippen LogP contribution in [-0.2, 0) is 11.3 Å². The van der Waals surface area contributed by atoms with Gasteiger partial charge >= 0.3 is 12.0 Å². The molecule has 2 rings (SSSR count). The Morgan fingerprint density at radius 3 is 2.79 bits per heavy atom. The number of H-pyrrole nitrogens is 1. The molecule has 0 aliphatic heterocycles. The molecule has 0 saturated heterocycles. The minimum atomic E-state index is -0.998. The van der Waals surface area contributed by atoms with Gasteiger partial charge in [-0.2, -0.15) is 5.10 Å². The first-order chi connectivity index (χ1) is 9.16. The largest absolute Gasteiger partial charge is 0.480 e. The minimum Gasteiger partial charge on any atom is -0.480 e. The van der Waals surface area contributed by atoms with E-state index in [4.69, 9.17) is 5.11 Å². The highest BCUT2D eigenvalue weighted by Crippen LogP contribution is 2.23. The van der Waals surface area contributed by atoms with Crippen molar-refractivity contribution in [2.75, 3.05) is 6.54 Å². The number of carbonyl (C=O) groups is 2. The molecular formula is C11H17N5O3. The van der Waals surface area contributed by atoms with Gasteiger partial charge in [-0.25, -0.2) is 9.78 Å². The molecule has 0 bridgehead atoms. The van der Waals surface area contributed by atoms with Crippen LogP contribution in [-0.4, -0.2) is 49.8 Å². The van der Waals surface area contributed by atoms with Crippen LogP contribution in [0, 0.1) is 0 Å². The number of hydrogen-bond donors (Lipinski definition) is 3. The van der Waals surface area contributed by atoms with Crippen LogP contribution in [0.25, 0.3) is 0 Å². The molecule has 8 heteroatoms. The van der Waals surface area contributed by atoms with Crippen molar-refractivity contribution in [1.29, 1.82) is 0 Å². The van der Waals surface area contributed by atoms with Gasteiger partial charge in [0, 0.05) is 6.04 Å². The number of nitrogens with one attached hydrogen (secondary N) is 2. The first-order valence-corrected chi connectivity index (χ1v) is 6.27. The Morgan fingerprint density at radius 1 is 1.47 bits per heavy atom. The van der Waals surface area contributed by atoms with E-state index in [9.17, 15) is 9.59 Å². The van der Waals surface area contributed by atoms with E-state index in [-0.39, 0.29) is 25.2 Å². The number of carboxylic acid groups (broad SMARTS) is 1. The van der Waals surface area contributed by atoms with Crippen LogP contribution in [0.1, 0.15) is 31.5 Å². The fourth-order valence-corrected chi connectivity index (χ4v) is 2.31. The van der Waals surface area contributed by atoms with Crippen molar-refractivity contribution in [3.8, 4) is 0 Å². The summed E-state index contributed by atoms with van der Waals surface area (Å²) in [5.74, 6) is -0.461. The number of rotatable bonds is 5. The SMILES string of the molecule is O=C(O)CN(C(=O)NCc1ncn[nH]1)C1CCCC1. The maximum absolute atomic E-state index is 12.1. The summed E-state index contributed by atoms with van der Waals surface area (Å²) in [7, 11) is 0. The first-order valence-electron chi connectivity index (χ1n) is 6.27. The number of aliphatic carboxylic acids is 1. The van der Waals surface area contributed by atoms with Crippen molar-refractivity contribution in [2.24, 2.45) is 0 Å². The number of aromatic nitrogens is 3. The molecule has 1 aromatic heterocycles. The third kappa shape index (κ3) is 3.67. The van der Waals surface area contributed by atoms with Gasteiger partial charge in [0.05, 0.1) is 6.54 Å². The molecule has 1 fully saturated rings. The molecule has 1 saturated carbocycles. The fourth-order valence-electron chi connectivity index (χ4n) is 2.31. The second-order valence-corrected chi connectivity index (χ2v) is 4.55. The molecule has 8 nitrogen and oxygen atoms in total. The normalized spacial score (nSPS) is 15.4. The minimum absolute atomic E-state index is 0.0193. The lowest BCUT2D eigenvalue weighted by Gasteiger charge is -2.27. The van der Waals surface area contributed by atoms with Crippen LogP contribution >= 0.6 is 0 Å². The van der Waals surface area contributed by atoms with Crippen molar-refractivity contribution in [3.63, 3.8) is 0 Å². The molecule has 1 aromatic rings. The molecule has 104 valence electrons. The number of amides is 2. The van der Waals surface area contributed by atoms with Gasteiger partial charge in [0.25, 0.3) is 0 Å². The van der Waals surface area contributed by atoms with Gasteiger partial charge in [0.1, 0.15) is 18.7 Å². The van der Waals surface area contributed by atoms with Gasteiger partial charge in [-0.1, -0.05) is 12.8 Å². The summed E-state index contributed by atoms with van der Waals surface area (Å²) in [6, 6.07) is -0.350. The predicted molar refractivity (Wildman–Crippen MR) is 65.2 cm³/mol. The van der Waals surface area contributed by atoms with E-state index in [0.29, 0.717) is 5.82 Å². The number of aromatic amines is 1. The zero-order valence-electron chi connectivity index (χ0n) is 10.5. The molecule has 0 unspecified atom stereocenters. The van der Waals surface area contributed by atoms with Crippen LogP contribution < -0.4 is 5.32 Å². The third-order valence-electron chi connectivity index (χ3n) is 3.20. The van der Waals surface area contributed by atoms with Crippen LogP contribution in [0.2, 0.25) is 0 Å². The Hall–Kier alpha value is -2.12. The van der Waals surface area contributed by atoms with Crippen molar-refractivity contribution < 1.29 is 14.7 Å². The highest BCUT2D eigenvalue weighted by Gasteiger charge is 2.28. The monoisotopic (exact) mass is 267 g/mol. The van der Waals surface area contributed by atoms with Crippen molar-refractivity contribution >= 4 is 12.0 Å². The van der Waals surface area contributed by atoms with Crippen molar-refractivity contribution in [2.45, 2.75) is 38.3 Å². The average Bonchev–Trinajstić information content (AvgIpc) is 3.05. The van der Waals surface area contributed by atoms with E-state index >= 15 is 0 Å². The lowest BCUT2D eigenvalue weighted by atomic mass is 10.2. The van der Waals surface area contributed by atoms with E-state index in [1.165, 1.54) is 11.2 Å². The average molecular weight is 267 g/mol. The fraction of sp³-hybridized carbons (Fsp3) is 0.636. The summed E-state index contributed by atoms with van der Waals surface area (Å²) in [4.78, 5) is 28.2. The van der Waals surface area contributed by atoms with E-state index in [0.717, 1.165) is 25.7 Å². The van der Waals surface area contributed by atoms with Crippen LogP contribution in [0.3, 0.4) is 0 Å². The van der Waals surface area contributed by atoms with Gasteiger partial charge in [0.2, 0.25) is 0 Å². The lowest BCUT2D eigenvalue weighted by Crippen LogP contribution is -2.47. The van der Waals surface area contributed by atoms with Gasteiger partial charge < -0.3 is 15.3 Å². The Balaban J connectivity index is 1.92. The van der Waals surface area contributed by atoms with Gasteiger partial charge in [-0.05, 0) is 12.8 Å². The first kappa shape index (κ1) is 13.3. The summed E-state index contributed by atoms with van der Waals surface area (Å²) < 4.78 is 0. The highest BCUT2D eigenvalue weighted by molar-refractivity contribution is 5.80. The smallest absolute Gasteiger partial charge is 0.323 e. The van der Waals surface area contributed by atoms with E-state index in [2.05, 4.69) is 20.5 Å². The zero-order chi connectivity index (χ0) is 13.7. The van der Waals surface area contributed by atoms with Gasteiger partial charge in [-0.3, -0.25) is 9.89 Å². The lowest BCUT2D eigenvalue weighted by molar-refractivity contribution is -0.138.